The molecule has 6 aromatic carbocycles. The quantitative estimate of drug-likeness (QED) is 0.107. The number of nitrogens with zero attached hydrogens (tertiary/aromatic N) is 1. The second kappa shape index (κ2) is 10.6. The van der Waals surface area contributed by atoms with Gasteiger partial charge in [0.15, 0.2) is 0 Å². The zero-order valence-electron chi connectivity index (χ0n) is 28.6. The summed E-state index contributed by atoms with van der Waals surface area (Å²) in [6, 6.07) is 40.4. The van der Waals surface area contributed by atoms with E-state index in [-0.39, 0.29) is 11.0 Å². The van der Waals surface area contributed by atoms with Gasteiger partial charge in [-0.1, -0.05) is 99.3 Å². The largest absolute Gasteiger partial charge is 0.456 e. The Morgan fingerprint density at radius 3 is 2.33 bits per heavy atom. The van der Waals surface area contributed by atoms with Crippen molar-refractivity contribution in [1.29, 1.82) is 0 Å². The van der Waals surface area contributed by atoms with Crippen LogP contribution in [0.1, 0.15) is 36.3 Å². The summed E-state index contributed by atoms with van der Waals surface area (Å²) in [6.45, 7) is 10.5. The van der Waals surface area contributed by atoms with E-state index < -0.39 is 0 Å². The van der Waals surface area contributed by atoms with Crippen molar-refractivity contribution in [2.24, 2.45) is 0 Å². The first-order valence-corrected chi connectivity index (χ1v) is 17.3. The molecule has 0 amide bonds. The minimum Gasteiger partial charge on any atom is -0.456 e. The average Bonchev–Trinajstić information content (AvgIpc) is 3.74. The van der Waals surface area contributed by atoms with Crippen molar-refractivity contribution in [3.05, 3.63) is 167 Å². The minimum absolute atomic E-state index is 0.129. The van der Waals surface area contributed by atoms with Gasteiger partial charge in [0.2, 0.25) is 0 Å². The van der Waals surface area contributed by atoms with Gasteiger partial charge in [-0.15, -0.1) is 0 Å². The van der Waals surface area contributed by atoms with E-state index in [2.05, 4.69) is 123 Å². The molecule has 0 saturated heterocycles. The number of hydrogen-bond acceptors (Lipinski definition) is 3. The van der Waals surface area contributed by atoms with Crippen LogP contribution in [0.15, 0.2) is 148 Å². The first kappa shape index (κ1) is 29.5. The molecule has 1 aliphatic carbocycles. The molecule has 9 aromatic rings. The lowest BCUT2D eigenvalue weighted by molar-refractivity contribution is 0.570. The van der Waals surface area contributed by atoms with Crippen molar-refractivity contribution in [3.63, 3.8) is 0 Å². The number of aryl methyl sites for hydroxylation is 1. The molecule has 4 heteroatoms. The van der Waals surface area contributed by atoms with Crippen LogP contribution in [0.4, 0.5) is 0 Å². The summed E-state index contributed by atoms with van der Waals surface area (Å²) >= 11 is 0. The van der Waals surface area contributed by atoms with Crippen molar-refractivity contribution in [2.45, 2.75) is 26.2 Å². The number of allylic oxidation sites excluding steroid dienone is 2. The molecule has 0 bridgehead atoms. The first-order chi connectivity index (χ1) is 24.8. The Morgan fingerprint density at radius 1 is 0.647 bits per heavy atom. The van der Waals surface area contributed by atoms with Crippen LogP contribution in [-0.4, -0.2) is 4.57 Å². The lowest BCUT2D eigenvalue weighted by Crippen LogP contribution is -2.15. The highest BCUT2D eigenvalue weighted by atomic mass is 16.4. The molecule has 1 aliphatic rings. The molecule has 0 spiro atoms. The first-order valence-electron chi connectivity index (χ1n) is 17.3. The molecule has 4 nitrogen and oxygen atoms in total. The Bertz CT molecular complexity index is 3050. The molecule has 0 unspecified atom stereocenters. The van der Waals surface area contributed by atoms with Gasteiger partial charge in [0, 0.05) is 43.6 Å². The SMILES string of the molecule is C=C/C=C\c1oc2cccc(-c3ccc4c(c3)oc(=O)c3cc(-n5c6ccccc6c6cc7c(cc65)C(C)(C)c5ccccc5-7)ccc34)c2c1C. The van der Waals surface area contributed by atoms with Crippen molar-refractivity contribution in [3.8, 4) is 27.9 Å². The molecule has 0 saturated carbocycles. The van der Waals surface area contributed by atoms with Crippen LogP contribution in [-0.2, 0) is 5.41 Å². The Hall–Kier alpha value is -6.39. The maximum absolute atomic E-state index is 13.8. The van der Waals surface area contributed by atoms with E-state index in [0.717, 1.165) is 60.9 Å². The molecule has 3 heterocycles. The summed E-state index contributed by atoms with van der Waals surface area (Å²) in [4.78, 5) is 13.8. The highest BCUT2D eigenvalue weighted by Crippen LogP contribution is 2.51. The number of hydrogen-bond donors (Lipinski definition) is 0. The fourth-order valence-electron chi connectivity index (χ4n) is 8.54. The van der Waals surface area contributed by atoms with E-state index in [0.29, 0.717) is 11.0 Å². The number of rotatable bonds is 4. The van der Waals surface area contributed by atoms with E-state index in [1.165, 1.54) is 33.0 Å². The molecule has 244 valence electrons. The molecule has 0 atom stereocenters. The molecule has 0 aliphatic heterocycles. The predicted molar refractivity (Wildman–Crippen MR) is 211 cm³/mol. The Morgan fingerprint density at radius 2 is 1.45 bits per heavy atom. The molecule has 0 radical (unpaired) electrons. The summed E-state index contributed by atoms with van der Waals surface area (Å²) < 4.78 is 14.6. The second-order valence-electron chi connectivity index (χ2n) is 14.1. The lowest BCUT2D eigenvalue weighted by Gasteiger charge is -2.21. The monoisotopic (exact) mass is 659 g/mol. The van der Waals surface area contributed by atoms with Gasteiger partial charge in [-0.2, -0.15) is 0 Å². The number of furan rings is 1. The summed E-state index contributed by atoms with van der Waals surface area (Å²) in [5, 5.41) is 5.73. The maximum atomic E-state index is 13.8. The van der Waals surface area contributed by atoms with E-state index >= 15 is 0 Å². The fourth-order valence-corrected chi connectivity index (χ4v) is 8.54. The van der Waals surface area contributed by atoms with Gasteiger partial charge in [0.25, 0.3) is 0 Å². The highest BCUT2D eigenvalue weighted by molar-refractivity contribution is 6.12. The van der Waals surface area contributed by atoms with Gasteiger partial charge in [-0.3, -0.25) is 0 Å². The zero-order chi connectivity index (χ0) is 34.6. The summed E-state index contributed by atoms with van der Waals surface area (Å²) in [5.74, 6) is 0.799. The Kier molecular flexibility index (Phi) is 6.11. The molecular weight excluding hydrogens is 627 g/mol. The van der Waals surface area contributed by atoms with Crippen LogP contribution in [0.3, 0.4) is 0 Å². The third-order valence-electron chi connectivity index (χ3n) is 11.0. The highest BCUT2D eigenvalue weighted by Gasteiger charge is 2.36. The number of fused-ring (bicyclic) bond motifs is 10. The molecule has 3 aromatic heterocycles. The lowest BCUT2D eigenvalue weighted by atomic mass is 9.82. The normalized spacial score (nSPS) is 13.6. The van der Waals surface area contributed by atoms with Gasteiger partial charge < -0.3 is 13.4 Å². The summed E-state index contributed by atoms with van der Waals surface area (Å²) in [6.07, 6.45) is 5.54. The van der Waals surface area contributed by atoms with Gasteiger partial charge in [-0.25, -0.2) is 4.79 Å². The molecule has 0 N–H and O–H groups in total. The third-order valence-corrected chi connectivity index (χ3v) is 11.0. The second-order valence-corrected chi connectivity index (χ2v) is 14.1. The standard InChI is InChI=1S/C47H33NO3/c1-5-6-17-42-27(2)45-30(14-11-18-43(45)50-42)28-19-21-34-31-22-20-29(24-37(31)46(49)51-44(34)23-28)48-40-16-10-8-13-33(40)36-25-35-32-12-7-9-15-38(32)47(3,4)39(35)26-41(36)48/h5-26H,1H2,2-4H3/b17-6-. The van der Waals surface area contributed by atoms with E-state index in [1.54, 1.807) is 6.08 Å². The minimum atomic E-state index is -0.357. The van der Waals surface area contributed by atoms with Crippen LogP contribution in [0.25, 0.3) is 88.5 Å². The van der Waals surface area contributed by atoms with Crippen molar-refractivity contribution < 1.29 is 8.83 Å². The number of benzene rings is 6. The molecule has 10 rings (SSSR count). The summed E-state index contributed by atoms with van der Waals surface area (Å²) in [5.41, 5.74) is 12.3. The van der Waals surface area contributed by atoms with E-state index in [1.807, 2.05) is 36.4 Å². The van der Waals surface area contributed by atoms with Gasteiger partial charge in [0.1, 0.15) is 16.9 Å². The van der Waals surface area contributed by atoms with Gasteiger partial charge in [-0.05, 0) is 94.9 Å². The Labute approximate surface area is 294 Å². The van der Waals surface area contributed by atoms with Gasteiger partial charge in [0.05, 0.1) is 16.4 Å². The molecule has 51 heavy (non-hydrogen) atoms. The smallest absolute Gasteiger partial charge is 0.344 e. The topological polar surface area (TPSA) is 48.3 Å². The van der Waals surface area contributed by atoms with Crippen LogP contribution in [0, 0.1) is 6.92 Å². The van der Waals surface area contributed by atoms with Crippen molar-refractivity contribution in [1.82, 2.24) is 4.57 Å². The molecular formula is C47H33NO3. The Balaban J connectivity index is 1.15. The third kappa shape index (κ3) is 4.11. The summed E-state index contributed by atoms with van der Waals surface area (Å²) in [7, 11) is 0. The number of aromatic nitrogens is 1. The number of para-hydroxylation sites is 1. The predicted octanol–water partition coefficient (Wildman–Crippen LogP) is 12.3. The average molecular weight is 660 g/mol. The van der Waals surface area contributed by atoms with Gasteiger partial charge >= 0.3 is 5.63 Å². The molecule has 0 fully saturated rings. The van der Waals surface area contributed by atoms with Crippen molar-refractivity contribution in [2.75, 3.05) is 0 Å². The van der Waals surface area contributed by atoms with E-state index in [9.17, 15) is 4.79 Å². The van der Waals surface area contributed by atoms with Crippen LogP contribution >= 0.6 is 0 Å². The maximum Gasteiger partial charge on any atom is 0.344 e. The van der Waals surface area contributed by atoms with Crippen LogP contribution in [0.5, 0.6) is 0 Å². The van der Waals surface area contributed by atoms with Crippen LogP contribution < -0.4 is 5.63 Å². The fraction of sp³-hybridized carbons (Fsp3) is 0.0851. The van der Waals surface area contributed by atoms with Crippen LogP contribution in [0.2, 0.25) is 0 Å². The van der Waals surface area contributed by atoms with Crippen molar-refractivity contribution >= 4 is 60.6 Å². The van der Waals surface area contributed by atoms with E-state index in [4.69, 9.17) is 8.83 Å². The zero-order valence-corrected chi connectivity index (χ0v) is 28.6.